The third-order valence-corrected chi connectivity index (χ3v) is 4.29. The fourth-order valence-corrected chi connectivity index (χ4v) is 2.96. The number of methoxy groups -OCH3 is 1. The highest BCUT2D eigenvalue weighted by atomic mass is 16.7. The highest BCUT2D eigenvalue weighted by molar-refractivity contribution is 6.03. The molecule has 2 aromatic rings. The Hall–Kier alpha value is -3.02. The molecule has 0 radical (unpaired) electrons. The van der Waals surface area contributed by atoms with Crippen molar-refractivity contribution in [2.45, 2.75) is 12.8 Å². The van der Waals surface area contributed by atoms with Gasteiger partial charge in [0.1, 0.15) is 5.75 Å². The zero-order valence-corrected chi connectivity index (χ0v) is 13.9. The van der Waals surface area contributed by atoms with Crippen LogP contribution in [-0.4, -0.2) is 37.1 Å². The minimum absolute atomic E-state index is 0.0241. The maximum Gasteiger partial charge on any atom is 0.247 e. The summed E-state index contributed by atoms with van der Waals surface area (Å²) in [6, 6.07) is 13.3. The molecule has 0 N–H and O–H groups in total. The second kappa shape index (κ2) is 6.47. The van der Waals surface area contributed by atoms with Gasteiger partial charge < -0.3 is 14.2 Å². The average Bonchev–Trinajstić information content (AvgIpc) is 3.30. The Morgan fingerprint density at radius 1 is 1.20 bits per heavy atom. The number of hydrazone groups is 1. The number of amides is 1. The number of carbonyl (C=O) groups excluding carboxylic acids is 1. The van der Waals surface area contributed by atoms with Gasteiger partial charge in [-0.3, -0.25) is 4.79 Å². The van der Waals surface area contributed by atoms with Crippen LogP contribution in [0.5, 0.6) is 17.2 Å². The number of carbonyl (C=O) groups is 1. The highest BCUT2D eigenvalue weighted by Crippen LogP contribution is 2.33. The first-order valence-electron chi connectivity index (χ1n) is 8.14. The Morgan fingerprint density at radius 2 is 2.08 bits per heavy atom. The van der Waals surface area contributed by atoms with E-state index in [-0.39, 0.29) is 12.7 Å². The molecule has 0 aliphatic carbocycles. The molecule has 128 valence electrons. The Morgan fingerprint density at radius 3 is 2.96 bits per heavy atom. The summed E-state index contributed by atoms with van der Waals surface area (Å²) in [7, 11) is 1.61. The van der Waals surface area contributed by atoms with E-state index >= 15 is 0 Å². The molecule has 0 unspecified atom stereocenters. The van der Waals surface area contributed by atoms with Crippen molar-refractivity contribution in [2.75, 3.05) is 20.4 Å². The standard InChI is InChI=1S/C19H18N2O4/c1-23-15-4-2-3-13(9-15)10-19(22)21-8-7-16(20-21)14-5-6-17-18(11-14)25-12-24-17/h2-6,9,11H,7-8,10,12H2,1H3. The Bertz CT molecular complexity index is 847. The van der Waals surface area contributed by atoms with Gasteiger partial charge in [-0.25, -0.2) is 5.01 Å². The van der Waals surface area contributed by atoms with Crippen molar-refractivity contribution in [3.8, 4) is 17.2 Å². The molecule has 0 bridgehead atoms. The largest absolute Gasteiger partial charge is 0.497 e. The van der Waals surface area contributed by atoms with Gasteiger partial charge in [0.2, 0.25) is 12.7 Å². The van der Waals surface area contributed by atoms with E-state index in [1.807, 2.05) is 42.5 Å². The van der Waals surface area contributed by atoms with Crippen LogP contribution in [0, 0.1) is 0 Å². The number of ether oxygens (including phenoxy) is 3. The van der Waals surface area contributed by atoms with Crippen molar-refractivity contribution in [1.82, 2.24) is 5.01 Å². The summed E-state index contributed by atoms with van der Waals surface area (Å²) in [5.41, 5.74) is 2.76. The van der Waals surface area contributed by atoms with Crippen LogP contribution >= 0.6 is 0 Å². The maximum atomic E-state index is 12.5. The first-order chi connectivity index (χ1) is 12.2. The lowest BCUT2D eigenvalue weighted by Gasteiger charge is -2.11. The van der Waals surface area contributed by atoms with Crippen molar-refractivity contribution in [3.05, 3.63) is 53.6 Å². The van der Waals surface area contributed by atoms with Crippen molar-refractivity contribution < 1.29 is 19.0 Å². The molecule has 2 aromatic carbocycles. The summed E-state index contributed by atoms with van der Waals surface area (Å²) in [5, 5.41) is 6.04. The van der Waals surface area contributed by atoms with Gasteiger partial charge in [-0.05, 0) is 35.9 Å². The molecule has 6 nitrogen and oxygen atoms in total. The van der Waals surface area contributed by atoms with Crippen LogP contribution in [0.15, 0.2) is 47.6 Å². The average molecular weight is 338 g/mol. The molecule has 0 fully saturated rings. The first kappa shape index (κ1) is 15.5. The van der Waals surface area contributed by atoms with Crippen LogP contribution in [-0.2, 0) is 11.2 Å². The Kier molecular flexibility index (Phi) is 4.01. The molecule has 0 saturated heterocycles. The zero-order chi connectivity index (χ0) is 17.2. The van der Waals surface area contributed by atoms with Crippen LogP contribution in [0.3, 0.4) is 0 Å². The number of rotatable bonds is 4. The van der Waals surface area contributed by atoms with E-state index in [0.29, 0.717) is 13.0 Å². The van der Waals surface area contributed by atoms with Gasteiger partial charge >= 0.3 is 0 Å². The van der Waals surface area contributed by atoms with E-state index in [2.05, 4.69) is 5.10 Å². The normalized spacial score (nSPS) is 15.2. The number of nitrogens with zero attached hydrogens (tertiary/aromatic N) is 2. The summed E-state index contributed by atoms with van der Waals surface area (Å²) in [5.74, 6) is 2.19. The van der Waals surface area contributed by atoms with Gasteiger partial charge in [0.05, 0.1) is 25.8 Å². The summed E-state index contributed by atoms with van der Waals surface area (Å²) < 4.78 is 15.9. The van der Waals surface area contributed by atoms with Crippen molar-refractivity contribution in [3.63, 3.8) is 0 Å². The van der Waals surface area contributed by atoms with Crippen LogP contribution < -0.4 is 14.2 Å². The van der Waals surface area contributed by atoms with Crippen molar-refractivity contribution >= 4 is 11.6 Å². The van der Waals surface area contributed by atoms with E-state index in [1.165, 1.54) is 0 Å². The molecule has 0 aromatic heterocycles. The van der Waals surface area contributed by atoms with Gasteiger partial charge in [0.15, 0.2) is 11.5 Å². The third-order valence-electron chi connectivity index (χ3n) is 4.29. The topological polar surface area (TPSA) is 60.4 Å². The molecule has 25 heavy (non-hydrogen) atoms. The van der Waals surface area contributed by atoms with Crippen LogP contribution in [0.2, 0.25) is 0 Å². The van der Waals surface area contributed by atoms with Gasteiger partial charge in [-0.15, -0.1) is 0 Å². The van der Waals surface area contributed by atoms with Gasteiger partial charge in [-0.2, -0.15) is 5.10 Å². The fourth-order valence-electron chi connectivity index (χ4n) is 2.96. The SMILES string of the molecule is COc1cccc(CC(=O)N2CCC(c3ccc4c(c3)OCO4)=N2)c1. The summed E-state index contributed by atoms with van der Waals surface area (Å²) in [4.78, 5) is 12.5. The minimum atomic E-state index is -0.0241. The molecule has 2 heterocycles. The maximum absolute atomic E-state index is 12.5. The second-order valence-corrected chi connectivity index (χ2v) is 5.91. The van der Waals surface area contributed by atoms with Gasteiger partial charge in [0.25, 0.3) is 0 Å². The molecule has 2 aliphatic rings. The summed E-state index contributed by atoms with van der Waals surface area (Å²) in [6.07, 6.45) is 1.03. The first-order valence-corrected chi connectivity index (χ1v) is 8.14. The number of hydrogen-bond donors (Lipinski definition) is 0. The minimum Gasteiger partial charge on any atom is -0.497 e. The van der Waals surface area contributed by atoms with Crippen LogP contribution in [0.1, 0.15) is 17.5 Å². The van der Waals surface area contributed by atoms with Crippen molar-refractivity contribution in [2.24, 2.45) is 5.10 Å². The van der Waals surface area contributed by atoms with Crippen molar-refractivity contribution in [1.29, 1.82) is 0 Å². The number of fused-ring (bicyclic) bond motifs is 1. The number of hydrogen-bond acceptors (Lipinski definition) is 5. The van der Waals surface area contributed by atoms with Gasteiger partial charge in [0, 0.05) is 12.0 Å². The van der Waals surface area contributed by atoms with E-state index in [4.69, 9.17) is 14.2 Å². The lowest BCUT2D eigenvalue weighted by atomic mass is 10.1. The molecule has 4 rings (SSSR count). The molecule has 0 spiro atoms. The van der Waals surface area contributed by atoms with Crippen LogP contribution in [0.25, 0.3) is 0 Å². The monoisotopic (exact) mass is 338 g/mol. The molecule has 2 aliphatic heterocycles. The molecule has 1 amide bonds. The molecular formula is C19H18N2O4. The van der Waals surface area contributed by atoms with E-state index in [0.717, 1.165) is 40.5 Å². The smallest absolute Gasteiger partial charge is 0.247 e. The highest BCUT2D eigenvalue weighted by Gasteiger charge is 2.23. The molecular weight excluding hydrogens is 320 g/mol. The quantitative estimate of drug-likeness (QED) is 0.860. The van der Waals surface area contributed by atoms with Gasteiger partial charge in [-0.1, -0.05) is 12.1 Å². The second-order valence-electron chi connectivity index (χ2n) is 5.91. The molecule has 0 saturated carbocycles. The van der Waals surface area contributed by atoms with E-state index in [1.54, 1.807) is 12.1 Å². The van der Waals surface area contributed by atoms with E-state index < -0.39 is 0 Å². The zero-order valence-electron chi connectivity index (χ0n) is 13.9. The van der Waals surface area contributed by atoms with Crippen LogP contribution in [0.4, 0.5) is 0 Å². The molecule has 0 atom stereocenters. The Balaban J connectivity index is 1.47. The number of benzene rings is 2. The lowest BCUT2D eigenvalue weighted by molar-refractivity contribution is -0.130. The van der Waals surface area contributed by atoms with E-state index in [9.17, 15) is 4.79 Å². The predicted molar refractivity (Wildman–Crippen MR) is 92.1 cm³/mol. The lowest BCUT2D eigenvalue weighted by Crippen LogP contribution is -2.25. The third kappa shape index (κ3) is 3.15. The Labute approximate surface area is 145 Å². The fraction of sp³-hybridized carbons (Fsp3) is 0.263. The summed E-state index contributed by atoms with van der Waals surface area (Å²) >= 11 is 0. The predicted octanol–water partition coefficient (Wildman–Crippen LogP) is 2.60. The summed E-state index contributed by atoms with van der Waals surface area (Å²) in [6.45, 7) is 0.836. The molecule has 6 heteroatoms.